The molecule has 17 heteroatoms. The summed E-state index contributed by atoms with van der Waals surface area (Å²) in [5, 5.41) is 21.5. The minimum absolute atomic E-state index is 0. The second kappa shape index (κ2) is 36.0. The van der Waals surface area contributed by atoms with Gasteiger partial charge in [-0.2, -0.15) is 59.7 Å². The van der Waals surface area contributed by atoms with Crippen molar-refractivity contribution in [3.8, 4) is 45.3 Å². The predicted octanol–water partition coefficient (Wildman–Crippen LogP) is 13.9. The van der Waals surface area contributed by atoms with Crippen LogP contribution in [-0.4, -0.2) is 105 Å². The van der Waals surface area contributed by atoms with Gasteiger partial charge in [0.05, 0.1) is 5.56 Å². The molecule has 15 nitrogen and oxygen atoms in total. The number of benzene rings is 7. The third-order valence-corrected chi connectivity index (χ3v) is 16.1. The number of rotatable bonds is 20. The van der Waals surface area contributed by atoms with Gasteiger partial charge in [0.1, 0.15) is 59.5 Å². The Labute approximate surface area is 582 Å². The van der Waals surface area contributed by atoms with Crippen LogP contribution >= 0.6 is 0 Å². The predicted molar refractivity (Wildman–Crippen MR) is 346 cm³/mol. The van der Waals surface area contributed by atoms with E-state index in [-0.39, 0.29) is 112 Å². The fourth-order valence-electron chi connectivity index (χ4n) is 11.4. The molecule has 5 heterocycles. The topological polar surface area (TPSA) is 188 Å². The van der Waals surface area contributed by atoms with Crippen molar-refractivity contribution in [1.82, 2.24) is 9.80 Å². The number of carbonyl (C=O) groups is 2. The van der Waals surface area contributed by atoms with Crippen LogP contribution in [0.5, 0.6) is 23.0 Å². The van der Waals surface area contributed by atoms with Gasteiger partial charge < -0.3 is 42.7 Å². The third-order valence-electron chi connectivity index (χ3n) is 16.1. The van der Waals surface area contributed by atoms with Crippen LogP contribution in [0.3, 0.4) is 0 Å². The van der Waals surface area contributed by atoms with Crippen LogP contribution in [0.25, 0.3) is 44.2 Å². The van der Waals surface area contributed by atoms with Crippen molar-refractivity contribution in [3.63, 3.8) is 0 Å². The van der Waals surface area contributed by atoms with Gasteiger partial charge in [-0.05, 0) is 135 Å². The van der Waals surface area contributed by atoms with E-state index in [9.17, 15) is 29.4 Å². The smallest absolute Gasteiger partial charge is 0.342 e. The first-order valence-electron chi connectivity index (χ1n) is 30.7. The number of hydrogen-bond donors (Lipinski definition) is 2. The van der Waals surface area contributed by atoms with Crippen LogP contribution in [0.2, 0.25) is 0 Å². The number of nitrogens with zero attached hydrogens (tertiary/aromatic N) is 2. The Bertz CT molecular complexity index is 3930. The van der Waals surface area contributed by atoms with E-state index < -0.39 is 17.2 Å². The van der Waals surface area contributed by atoms with Gasteiger partial charge in [-0.15, -0.1) is 11.1 Å². The number of aromatic carboxylic acids is 1. The van der Waals surface area contributed by atoms with Crippen LogP contribution in [0.1, 0.15) is 112 Å². The quantitative estimate of drug-likeness (QED) is 0.0416. The summed E-state index contributed by atoms with van der Waals surface area (Å²) in [5.74, 6) is 0.373. The summed E-state index contributed by atoms with van der Waals surface area (Å²) in [5.41, 5.74) is 7.98. The van der Waals surface area contributed by atoms with E-state index in [1.54, 1.807) is 31.4 Å². The normalized spacial score (nSPS) is 14.4. The van der Waals surface area contributed by atoms with Crippen molar-refractivity contribution >= 4 is 34.2 Å². The minimum Gasteiger partial charge on any atom is -0.507 e. The Morgan fingerprint density at radius 2 is 1.13 bits per heavy atom. The Morgan fingerprint density at radius 3 is 1.57 bits per heavy atom. The number of phenols is 1. The van der Waals surface area contributed by atoms with E-state index >= 15 is 0 Å². The first-order valence-corrected chi connectivity index (χ1v) is 30.7. The van der Waals surface area contributed by atoms with Gasteiger partial charge in [0.15, 0.2) is 12.6 Å². The molecule has 3 fully saturated rings. The van der Waals surface area contributed by atoms with Gasteiger partial charge in [0, 0.05) is 133 Å². The first kappa shape index (κ1) is 71.8. The summed E-state index contributed by atoms with van der Waals surface area (Å²) < 4.78 is 39.3. The molecule has 2 aromatic heterocycles. The maximum absolute atomic E-state index is 13.6. The number of phenolic OH excluding ortho intramolecular Hbond substituents is 1. The molecule has 0 saturated carbocycles. The van der Waals surface area contributed by atoms with Crippen molar-refractivity contribution in [2.24, 2.45) is 0 Å². The van der Waals surface area contributed by atoms with Crippen molar-refractivity contribution < 1.29 is 118 Å². The summed E-state index contributed by atoms with van der Waals surface area (Å²) in [6.45, 7) is 16.5. The molecular weight excluding hydrogens is 1300 g/mol. The number of aldehydes is 1. The van der Waals surface area contributed by atoms with E-state index in [2.05, 4.69) is 21.9 Å². The molecule has 91 heavy (non-hydrogen) atoms. The third kappa shape index (κ3) is 19.2. The maximum atomic E-state index is 13.6. The summed E-state index contributed by atoms with van der Waals surface area (Å²) in [4.78, 5) is 55.6. The average Bonchev–Trinajstić information content (AvgIpc) is 1.07. The van der Waals surface area contributed by atoms with Crippen molar-refractivity contribution in [2.45, 2.75) is 92.0 Å². The maximum Gasteiger partial charge on any atom is 0.342 e. The van der Waals surface area contributed by atoms with Gasteiger partial charge in [-0.1, -0.05) is 82.3 Å². The molecule has 9 aromatic rings. The molecule has 0 aliphatic carbocycles. The van der Waals surface area contributed by atoms with Crippen LogP contribution < -0.4 is 25.5 Å². The number of aryl methyl sites for hydroxylation is 2. The zero-order chi connectivity index (χ0) is 62.7. The molecular formula is C74H78N2O13Y2-2. The average molecular weight is 1380 g/mol. The molecule has 3 saturated heterocycles. The molecule has 0 amide bonds. The van der Waals surface area contributed by atoms with E-state index in [1.807, 2.05) is 131 Å². The zero-order valence-electron chi connectivity index (χ0n) is 52.6. The van der Waals surface area contributed by atoms with Crippen LogP contribution in [0, 0.1) is 26.0 Å². The fourth-order valence-corrected chi connectivity index (χ4v) is 11.4. The number of fused-ring (bicyclic) bond motifs is 2. The second-order valence-corrected chi connectivity index (χ2v) is 22.0. The van der Waals surface area contributed by atoms with Crippen LogP contribution in [0.15, 0.2) is 158 Å². The Balaban J connectivity index is 0.000000226. The second-order valence-electron chi connectivity index (χ2n) is 22.0. The van der Waals surface area contributed by atoms with Crippen LogP contribution in [-0.2, 0) is 94.3 Å². The van der Waals surface area contributed by atoms with E-state index in [1.165, 1.54) is 37.8 Å². The number of ether oxygens (including phenoxy) is 5. The number of carbonyl (C=O) groups excluding carboxylic acids is 1. The standard InChI is InChI=1S/C37H34NO6.C30H28NO5.C5H10O2.C2H6.2Y/c1-25-9-5-6-12-29(25)35-31(21-26-13-15-28(16-14-26)42-20-19-38-17-7-8-18-38)30-22-32(36(39)40)33(23-34(30)44-37(35)41)43-24-27-10-3-2-4-11-27;1-20-6-2-3-7-24(20)29-26(25-17-22(19-32)27(33)18-28(25)36-30(29)34)16-21-8-10-23(11-9-21)35-15-14-31-12-4-5-13-31;1-6-5-3-2-4-7-5;1-2;;/h2-4,6,9-16,22-23H,7-8,17-21,24H2,1H3,(H,39,40);3,6-11,17-19,33H,4-5,12-16H2,1H3;5H,2-4H2,1H3;1-2H3;;/q2*-1;;;;. The molecule has 2 radical (unpaired) electrons. The van der Waals surface area contributed by atoms with Gasteiger partial charge in [-0.3, -0.25) is 14.6 Å². The Hall–Kier alpha value is -6.65. The van der Waals surface area contributed by atoms with Gasteiger partial charge in [0.25, 0.3) is 0 Å². The Morgan fingerprint density at radius 1 is 0.637 bits per heavy atom. The molecule has 0 bridgehead atoms. The van der Waals surface area contributed by atoms with Gasteiger partial charge >= 0.3 is 17.2 Å². The molecule has 2 N–H and O–H groups in total. The summed E-state index contributed by atoms with van der Waals surface area (Å²) in [6, 6.07) is 48.1. The molecule has 1 atom stereocenters. The first-order chi connectivity index (χ1) is 43.4. The summed E-state index contributed by atoms with van der Waals surface area (Å²) in [7, 11) is 1.68. The largest absolute Gasteiger partial charge is 0.507 e. The molecule has 3 aliphatic rings. The number of methoxy groups -OCH3 is 1. The van der Waals surface area contributed by atoms with E-state index in [0.29, 0.717) is 59.8 Å². The zero-order valence-corrected chi connectivity index (χ0v) is 58.3. The summed E-state index contributed by atoms with van der Waals surface area (Å²) >= 11 is 0. The number of likely N-dealkylation sites (tertiary alicyclic amines) is 2. The van der Waals surface area contributed by atoms with Crippen molar-refractivity contribution in [3.05, 3.63) is 223 Å². The molecule has 12 rings (SSSR count). The monoisotopic (exact) mass is 1380 g/mol. The van der Waals surface area contributed by atoms with E-state index in [0.717, 1.165) is 115 Å². The molecule has 3 aliphatic heterocycles. The number of carboxylic acid groups (broad SMARTS) is 1. The Kier molecular flexibility index (Phi) is 28.4. The molecule has 7 aromatic carbocycles. The van der Waals surface area contributed by atoms with Crippen molar-refractivity contribution in [1.29, 1.82) is 0 Å². The molecule has 0 spiro atoms. The van der Waals surface area contributed by atoms with Crippen molar-refractivity contribution in [2.75, 3.05) is 66.2 Å². The van der Waals surface area contributed by atoms with Gasteiger partial charge in [-0.25, -0.2) is 14.4 Å². The number of hydrogen-bond acceptors (Lipinski definition) is 14. The van der Waals surface area contributed by atoms with Crippen LogP contribution in [0.4, 0.5) is 0 Å². The summed E-state index contributed by atoms with van der Waals surface area (Å²) in [6.07, 6.45) is 8.75. The fraction of sp³-hybridized carbons (Fsp3) is 0.324. The molecule has 470 valence electrons. The van der Waals surface area contributed by atoms with Gasteiger partial charge in [0.2, 0.25) is 0 Å². The molecule has 1 unspecified atom stereocenters. The SMILES string of the molecule is CC.COC1CCCO1.Cc1c[c-]ccc1-c1c(Cc2ccc(OCCN3CCCC3)cc2)c2cc(C(=O)O)c(OCc3ccccc3)cc2oc1=O.Cc1c[c-]ccc1-c1c(Cc2ccc(OCCN3CCCC3)cc2)c2cc(C=O)c(O)cc2oc1=O.[Y].[Y]. The number of carboxylic acids is 1. The van der Waals surface area contributed by atoms with E-state index in [4.69, 9.17) is 32.5 Å². The minimum atomic E-state index is -1.13. The number of aromatic hydroxyl groups is 1.